The summed E-state index contributed by atoms with van der Waals surface area (Å²) in [7, 11) is 1.65. The highest BCUT2D eigenvalue weighted by atomic mass is 16.5. The molecule has 0 aromatic heterocycles. The summed E-state index contributed by atoms with van der Waals surface area (Å²) in [6.07, 6.45) is 4.75. The average molecular weight is 415 g/mol. The maximum Gasteiger partial charge on any atom is 0.310 e. The van der Waals surface area contributed by atoms with Crippen LogP contribution in [0.15, 0.2) is 36.4 Å². The Hall–Kier alpha value is -2.69. The third-order valence-corrected chi connectivity index (χ3v) is 5.16. The van der Waals surface area contributed by atoms with E-state index in [1.54, 1.807) is 14.0 Å². The van der Waals surface area contributed by atoms with Gasteiger partial charge in [-0.15, -0.1) is 0 Å². The predicted molar refractivity (Wildman–Crippen MR) is 119 cm³/mol. The van der Waals surface area contributed by atoms with E-state index in [-0.39, 0.29) is 0 Å². The standard InChI is InChI=1S/C25H34O5/c1-5-7-15-30-23-17-21(18(3)25(26)27)13-12-20(23)10-8-9-19-11-14-22(29-6-2)24(16-19)28-4/h11-14,16-18H,5-10,15H2,1-4H3,(H,26,27). The second-order valence-corrected chi connectivity index (χ2v) is 7.40. The third kappa shape index (κ3) is 6.68. The van der Waals surface area contributed by atoms with Gasteiger partial charge in [-0.2, -0.15) is 0 Å². The number of methoxy groups -OCH3 is 1. The van der Waals surface area contributed by atoms with Gasteiger partial charge >= 0.3 is 5.97 Å². The normalized spacial score (nSPS) is 11.7. The van der Waals surface area contributed by atoms with Crippen LogP contribution in [-0.2, 0) is 17.6 Å². The van der Waals surface area contributed by atoms with Crippen molar-refractivity contribution in [1.29, 1.82) is 0 Å². The molecule has 0 amide bonds. The summed E-state index contributed by atoms with van der Waals surface area (Å²) in [5.41, 5.74) is 3.08. The van der Waals surface area contributed by atoms with Crippen molar-refractivity contribution in [3.05, 3.63) is 53.1 Å². The Kier molecular flexibility index (Phi) is 9.52. The molecule has 0 fully saturated rings. The van der Waals surface area contributed by atoms with Gasteiger partial charge in [-0.25, -0.2) is 0 Å². The average Bonchev–Trinajstić information content (AvgIpc) is 2.75. The molecule has 1 atom stereocenters. The summed E-state index contributed by atoms with van der Waals surface area (Å²) >= 11 is 0. The van der Waals surface area contributed by atoms with Crippen LogP contribution in [-0.4, -0.2) is 31.4 Å². The molecule has 0 aliphatic carbocycles. The zero-order valence-corrected chi connectivity index (χ0v) is 18.6. The number of carboxylic acids is 1. The minimum atomic E-state index is -0.827. The van der Waals surface area contributed by atoms with Gasteiger partial charge in [0.05, 0.1) is 26.2 Å². The van der Waals surface area contributed by atoms with Crippen LogP contribution in [0, 0.1) is 0 Å². The molecule has 30 heavy (non-hydrogen) atoms. The van der Waals surface area contributed by atoms with Crippen LogP contribution in [0.2, 0.25) is 0 Å². The number of benzene rings is 2. The van der Waals surface area contributed by atoms with Crippen molar-refractivity contribution >= 4 is 5.97 Å². The van der Waals surface area contributed by atoms with Crippen molar-refractivity contribution < 1.29 is 24.1 Å². The van der Waals surface area contributed by atoms with Gasteiger partial charge in [0.2, 0.25) is 0 Å². The van der Waals surface area contributed by atoms with Crippen LogP contribution >= 0.6 is 0 Å². The Labute approximate surface area is 180 Å². The topological polar surface area (TPSA) is 65.0 Å². The van der Waals surface area contributed by atoms with E-state index in [1.807, 2.05) is 37.3 Å². The van der Waals surface area contributed by atoms with E-state index in [4.69, 9.17) is 14.2 Å². The molecule has 2 rings (SSSR count). The molecule has 0 bridgehead atoms. The molecular weight excluding hydrogens is 380 g/mol. The predicted octanol–water partition coefficient (Wildman–Crippen LogP) is 5.64. The van der Waals surface area contributed by atoms with Crippen LogP contribution in [0.25, 0.3) is 0 Å². The van der Waals surface area contributed by atoms with Gasteiger partial charge in [0.15, 0.2) is 11.5 Å². The highest BCUT2D eigenvalue weighted by Gasteiger charge is 2.16. The van der Waals surface area contributed by atoms with Gasteiger partial charge in [-0.1, -0.05) is 31.5 Å². The summed E-state index contributed by atoms with van der Waals surface area (Å²) in [5.74, 6) is 0.942. The minimum absolute atomic E-state index is 0.552. The first kappa shape index (κ1) is 23.6. The number of hydrogen-bond donors (Lipinski definition) is 1. The second-order valence-electron chi connectivity index (χ2n) is 7.40. The number of aryl methyl sites for hydroxylation is 2. The van der Waals surface area contributed by atoms with Gasteiger partial charge < -0.3 is 19.3 Å². The molecule has 0 saturated heterocycles. The van der Waals surface area contributed by atoms with E-state index in [9.17, 15) is 9.90 Å². The number of unbranched alkanes of at least 4 members (excludes halogenated alkanes) is 1. The maximum atomic E-state index is 11.3. The fourth-order valence-corrected chi connectivity index (χ4v) is 3.28. The molecule has 2 aromatic rings. The molecule has 0 spiro atoms. The van der Waals surface area contributed by atoms with Crippen molar-refractivity contribution in [3.63, 3.8) is 0 Å². The Morgan fingerprint density at radius 2 is 1.77 bits per heavy atom. The van der Waals surface area contributed by atoms with Gasteiger partial charge in [0.25, 0.3) is 0 Å². The molecule has 1 N–H and O–H groups in total. The molecular formula is C25H34O5. The van der Waals surface area contributed by atoms with E-state index >= 15 is 0 Å². The lowest BCUT2D eigenvalue weighted by Crippen LogP contribution is -2.09. The zero-order chi connectivity index (χ0) is 21.9. The van der Waals surface area contributed by atoms with Crippen molar-refractivity contribution in [3.8, 4) is 17.2 Å². The molecule has 164 valence electrons. The van der Waals surface area contributed by atoms with Crippen molar-refractivity contribution in [2.75, 3.05) is 20.3 Å². The summed E-state index contributed by atoms with van der Waals surface area (Å²) in [6, 6.07) is 11.9. The van der Waals surface area contributed by atoms with E-state index in [0.29, 0.717) is 13.2 Å². The van der Waals surface area contributed by atoms with E-state index in [0.717, 1.165) is 60.5 Å². The number of hydrogen-bond acceptors (Lipinski definition) is 4. The number of ether oxygens (including phenoxy) is 3. The molecule has 0 saturated carbocycles. The quantitative estimate of drug-likeness (QED) is 0.430. The number of rotatable bonds is 13. The molecule has 0 radical (unpaired) electrons. The first-order valence-electron chi connectivity index (χ1n) is 10.8. The monoisotopic (exact) mass is 414 g/mol. The minimum Gasteiger partial charge on any atom is -0.493 e. The van der Waals surface area contributed by atoms with E-state index in [2.05, 4.69) is 13.0 Å². The lowest BCUT2D eigenvalue weighted by molar-refractivity contribution is -0.138. The SMILES string of the molecule is CCCCOc1cc(C(C)C(=O)O)ccc1CCCc1ccc(OCC)c(OC)c1. The number of carboxylic acid groups (broad SMARTS) is 1. The zero-order valence-electron chi connectivity index (χ0n) is 18.6. The molecule has 1 unspecified atom stereocenters. The summed E-state index contributed by atoms with van der Waals surface area (Å²) < 4.78 is 17.0. The van der Waals surface area contributed by atoms with Crippen molar-refractivity contribution in [2.45, 2.75) is 58.8 Å². The van der Waals surface area contributed by atoms with Crippen molar-refractivity contribution in [1.82, 2.24) is 0 Å². The van der Waals surface area contributed by atoms with Gasteiger partial charge in [-0.05, 0) is 74.4 Å². The molecule has 5 heteroatoms. The summed E-state index contributed by atoms with van der Waals surface area (Å²) in [5, 5.41) is 9.31. The maximum absolute atomic E-state index is 11.3. The second kappa shape index (κ2) is 12.1. The number of carbonyl (C=O) groups is 1. The van der Waals surface area contributed by atoms with Gasteiger partial charge in [-0.3, -0.25) is 4.79 Å². The number of aliphatic carboxylic acids is 1. The third-order valence-electron chi connectivity index (χ3n) is 5.16. The molecule has 0 heterocycles. The molecule has 0 aliphatic rings. The van der Waals surface area contributed by atoms with Crippen LogP contribution in [0.3, 0.4) is 0 Å². The summed E-state index contributed by atoms with van der Waals surface area (Å²) in [6.45, 7) is 7.03. The van der Waals surface area contributed by atoms with Gasteiger partial charge in [0.1, 0.15) is 5.75 Å². The first-order chi connectivity index (χ1) is 14.5. The highest BCUT2D eigenvalue weighted by Crippen LogP contribution is 2.30. The van der Waals surface area contributed by atoms with Crippen LogP contribution in [0.4, 0.5) is 0 Å². The van der Waals surface area contributed by atoms with Crippen LogP contribution < -0.4 is 14.2 Å². The van der Waals surface area contributed by atoms with Crippen LogP contribution in [0.1, 0.15) is 62.6 Å². The Morgan fingerprint density at radius 1 is 0.967 bits per heavy atom. The largest absolute Gasteiger partial charge is 0.493 e. The van der Waals surface area contributed by atoms with Crippen LogP contribution in [0.5, 0.6) is 17.2 Å². The lowest BCUT2D eigenvalue weighted by atomic mass is 9.97. The molecule has 5 nitrogen and oxygen atoms in total. The van der Waals surface area contributed by atoms with Gasteiger partial charge in [0, 0.05) is 0 Å². The fraction of sp³-hybridized carbons (Fsp3) is 0.480. The van der Waals surface area contributed by atoms with Crippen molar-refractivity contribution in [2.24, 2.45) is 0 Å². The lowest BCUT2D eigenvalue weighted by Gasteiger charge is -2.15. The highest BCUT2D eigenvalue weighted by molar-refractivity contribution is 5.75. The molecule has 2 aromatic carbocycles. The Balaban J connectivity index is 2.08. The molecule has 0 aliphatic heterocycles. The van der Waals surface area contributed by atoms with E-state index < -0.39 is 11.9 Å². The Bertz CT molecular complexity index is 815. The smallest absolute Gasteiger partial charge is 0.310 e. The Morgan fingerprint density at radius 3 is 2.43 bits per heavy atom. The summed E-state index contributed by atoms with van der Waals surface area (Å²) in [4.78, 5) is 11.3. The first-order valence-corrected chi connectivity index (χ1v) is 10.8. The van der Waals surface area contributed by atoms with E-state index in [1.165, 1.54) is 5.56 Å². The fourth-order valence-electron chi connectivity index (χ4n) is 3.28.